The molecule has 0 spiro atoms. The van der Waals surface area contributed by atoms with Gasteiger partial charge in [-0.1, -0.05) is 25.1 Å². The van der Waals surface area contributed by atoms with E-state index in [9.17, 15) is 5.11 Å². The number of hydrogen-bond acceptors (Lipinski definition) is 3. The number of pyridine rings is 1. The summed E-state index contributed by atoms with van der Waals surface area (Å²) in [6.07, 6.45) is 2.03. The number of anilines is 2. The zero-order valence-electron chi connectivity index (χ0n) is 11.7. The molecule has 3 nitrogen and oxygen atoms in total. The molecule has 2 aromatic rings. The molecule has 19 heavy (non-hydrogen) atoms. The zero-order chi connectivity index (χ0) is 13.8. The lowest BCUT2D eigenvalue weighted by Gasteiger charge is -2.21. The highest BCUT2D eigenvalue weighted by molar-refractivity contribution is 5.61. The molecule has 0 aliphatic heterocycles. The van der Waals surface area contributed by atoms with Gasteiger partial charge in [0.15, 0.2) is 0 Å². The number of aromatic nitrogens is 1. The molecule has 0 radical (unpaired) electrons. The van der Waals surface area contributed by atoms with Crippen LogP contribution in [-0.4, -0.2) is 17.1 Å². The van der Waals surface area contributed by atoms with Crippen LogP contribution >= 0.6 is 0 Å². The minimum absolute atomic E-state index is 0.428. The van der Waals surface area contributed by atoms with Crippen molar-refractivity contribution < 1.29 is 5.11 Å². The topological polar surface area (TPSA) is 36.4 Å². The maximum absolute atomic E-state index is 9.85. The highest BCUT2D eigenvalue weighted by atomic mass is 16.3. The van der Waals surface area contributed by atoms with Crippen molar-refractivity contribution >= 4 is 11.5 Å². The Balaban J connectivity index is 2.31. The molecule has 1 aromatic carbocycles. The minimum atomic E-state index is -0.428. The largest absolute Gasteiger partial charge is 0.388 e. The molecule has 0 amide bonds. The Kier molecular flexibility index (Phi) is 4.17. The normalized spacial score (nSPS) is 12.2. The van der Waals surface area contributed by atoms with Crippen molar-refractivity contribution in [3.05, 3.63) is 53.7 Å². The summed E-state index contributed by atoms with van der Waals surface area (Å²) in [5.74, 6) is 0.915. The Morgan fingerprint density at radius 3 is 2.53 bits per heavy atom. The molecule has 0 unspecified atom stereocenters. The molecule has 0 aliphatic rings. The molecule has 2 rings (SSSR count). The van der Waals surface area contributed by atoms with Crippen LogP contribution in [0.4, 0.5) is 11.5 Å². The van der Waals surface area contributed by atoms with Gasteiger partial charge in [0.2, 0.25) is 0 Å². The maximum atomic E-state index is 9.85. The summed E-state index contributed by atoms with van der Waals surface area (Å²) in [6.45, 7) is 3.98. The van der Waals surface area contributed by atoms with Gasteiger partial charge in [-0.05, 0) is 42.7 Å². The molecule has 0 saturated carbocycles. The number of benzene rings is 1. The van der Waals surface area contributed by atoms with Crippen LogP contribution in [-0.2, 0) is 0 Å². The van der Waals surface area contributed by atoms with Gasteiger partial charge in [-0.3, -0.25) is 0 Å². The Labute approximate surface area is 114 Å². The van der Waals surface area contributed by atoms with Crippen LogP contribution in [0.1, 0.15) is 30.6 Å². The summed E-state index contributed by atoms with van der Waals surface area (Å²) in [5, 5.41) is 9.85. The molecule has 0 fully saturated rings. The zero-order valence-corrected chi connectivity index (χ0v) is 11.7. The third-order valence-electron chi connectivity index (χ3n) is 3.30. The lowest BCUT2D eigenvalue weighted by Crippen LogP contribution is -2.13. The summed E-state index contributed by atoms with van der Waals surface area (Å²) in [5.41, 5.74) is 3.04. The third kappa shape index (κ3) is 2.93. The summed E-state index contributed by atoms with van der Waals surface area (Å²) < 4.78 is 0. The third-order valence-corrected chi connectivity index (χ3v) is 3.30. The Bertz CT molecular complexity index is 540. The molecule has 3 heteroatoms. The lowest BCUT2D eigenvalue weighted by atomic mass is 10.1. The highest BCUT2D eigenvalue weighted by Gasteiger charge is 2.11. The monoisotopic (exact) mass is 256 g/mol. The number of rotatable bonds is 4. The fourth-order valence-corrected chi connectivity index (χ4v) is 2.13. The van der Waals surface area contributed by atoms with Crippen LogP contribution < -0.4 is 4.90 Å². The van der Waals surface area contributed by atoms with E-state index in [1.54, 1.807) is 6.20 Å². The van der Waals surface area contributed by atoms with Gasteiger partial charge in [-0.15, -0.1) is 0 Å². The fourth-order valence-electron chi connectivity index (χ4n) is 2.13. The summed E-state index contributed by atoms with van der Waals surface area (Å²) in [7, 11) is 2.00. The minimum Gasteiger partial charge on any atom is -0.388 e. The van der Waals surface area contributed by atoms with Crippen LogP contribution in [0.15, 0.2) is 42.6 Å². The first-order chi connectivity index (χ1) is 9.13. The van der Waals surface area contributed by atoms with Crippen molar-refractivity contribution in [1.29, 1.82) is 0 Å². The standard InChI is InChI=1S/C16H20N2O/c1-4-15(19)13-10-12(2)16(17-11-13)18(3)14-8-6-5-7-9-14/h5-11,15,19H,4H2,1-3H3/t15-/m0/s1. The maximum Gasteiger partial charge on any atom is 0.135 e. The Morgan fingerprint density at radius 2 is 1.95 bits per heavy atom. The predicted molar refractivity (Wildman–Crippen MR) is 78.7 cm³/mol. The molecule has 1 aromatic heterocycles. The average molecular weight is 256 g/mol. The van der Waals surface area contributed by atoms with Gasteiger partial charge in [0.1, 0.15) is 5.82 Å². The molecule has 1 atom stereocenters. The highest BCUT2D eigenvalue weighted by Crippen LogP contribution is 2.26. The number of aliphatic hydroxyl groups is 1. The second-order valence-corrected chi connectivity index (χ2v) is 4.73. The van der Waals surface area contributed by atoms with Crippen LogP contribution in [0.3, 0.4) is 0 Å². The van der Waals surface area contributed by atoms with Crippen LogP contribution in [0.2, 0.25) is 0 Å². The van der Waals surface area contributed by atoms with Crippen molar-refractivity contribution in [2.75, 3.05) is 11.9 Å². The molecule has 0 aliphatic carbocycles. The van der Waals surface area contributed by atoms with E-state index in [0.29, 0.717) is 6.42 Å². The second kappa shape index (κ2) is 5.85. The number of hydrogen-bond donors (Lipinski definition) is 1. The van der Waals surface area contributed by atoms with Crippen LogP contribution in [0.5, 0.6) is 0 Å². The van der Waals surface area contributed by atoms with E-state index in [4.69, 9.17) is 0 Å². The van der Waals surface area contributed by atoms with Crippen molar-refractivity contribution in [3.8, 4) is 0 Å². The molecule has 1 heterocycles. The molecule has 0 saturated heterocycles. The van der Waals surface area contributed by atoms with Crippen LogP contribution in [0.25, 0.3) is 0 Å². The van der Waals surface area contributed by atoms with Crippen LogP contribution in [0, 0.1) is 6.92 Å². The molecular formula is C16H20N2O. The molecule has 0 bridgehead atoms. The fraction of sp³-hybridized carbons (Fsp3) is 0.312. The van der Waals surface area contributed by atoms with Gasteiger partial charge in [-0.25, -0.2) is 4.98 Å². The smallest absolute Gasteiger partial charge is 0.135 e. The van der Waals surface area contributed by atoms with Crippen molar-refractivity contribution in [1.82, 2.24) is 4.98 Å². The molecule has 100 valence electrons. The summed E-state index contributed by atoms with van der Waals surface area (Å²) in [4.78, 5) is 6.54. The van der Waals surface area contributed by atoms with E-state index >= 15 is 0 Å². The van der Waals surface area contributed by atoms with Gasteiger partial charge < -0.3 is 10.0 Å². The van der Waals surface area contributed by atoms with E-state index in [0.717, 1.165) is 22.6 Å². The van der Waals surface area contributed by atoms with Gasteiger partial charge in [0, 0.05) is 18.9 Å². The van der Waals surface area contributed by atoms with E-state index in [1.165, 1.54) is 0 Å². The first-order valence-electron chi connectivity index (χ1n) is 6.57. The number of nitrogens with zero attached hydrogens (tertiary/aromatic N) is 2. The first-order valence-corrected chi connectivity index (χ1v) is 6.57. The summed E-state index contributed by atoms with van der Waals surface area (Å²) >= 11 is 0. The number of aliphatic hydroxyl groups excluding tert-OH is 1. The number of aryl methyl sites for hydroxylation is 1. The number of para-hydroxylation sites is 1. The Morgan fingerprint density at radius 1 is 1.26 bits per heavy atom. The van der Waals surface area contributed by atoms with Crippen molar-refractivity contribution in [3.63, 3.8) is 0 Å². The van der Waals surface area contributed by atoms with E-state index < -0.39 is 6.10 Å². The first kappa shape index (κ1) is 13.6. The molecule has 1 N–H and O–H groups in total. The quantitative estimate of drug-likeness (QED) is 0.908. The van der Waals surface area contributed by atoms with E-state index in [2.05, 4.69) is 22.0 Å². The van der Waals surface area contributed by atoms with Crippen molar-refractivity contribution in [2.45, 2.75) is 26.4 Å². The lowest BCUT2D eigenvalue weighted by molar-refractivity contribution is 0.173. The van der Waals surface area contributed by atoms with Crippen molar-refractivity contribution in [2.24, 2.45) is 0 Å². The van der Waals surface area contributed by atoms with E-state index in [-0.39, 0.29) is 0 Å². The van der Waals surface area contributed by atoms with Gasteiger partial charge in [-0.2, -0.15) is 0 Å². The average Bonchev–Trinajstić information content (AvgIpc) is 2.46. The Hall–Kier alpha value is -1.87. The van der Waals surface area contributed by atoms with Gasteiger partial charge in [0.25, 0.3) is 0 Å². The van der Waals surface area contributed by atoms with E-state index in [1.807, 2.05) is 45.2 Å². The SMILES string of the molecule is CC[C@H](O)c1cnc(N(C)c2ccccc2)c(C)c1. The van der Waals surface area contributed by atoms with Gasteiger partial charge >= 0.3 is 0 Å². The second-order valence-electron chi connectivity index (χ2n) is 4.73. The van der Waals surface area contributed by atoms with Gasteiger partial charge in [0.05, 0.1) is 6.10 Å². The molecular weight excluding hydrogens is 236 g/mol. The predicted octanol–water partition coefficient (Wildman–Crippen LogP) is 3.60. The summed E-state index contributed by atoms with van der Waals surface area (Å²) in [6, 6.07) is 12.1.